The fourth-order valence-corrected chi connectivity index (χ4v) is 2.98. The Morgan fingerprint density at radius 1 is 1.27 bits per heavy atom. The topological polar surface area (TPSA) is 50.4 Å². The third-order valence-corrected chi connectivity index (χ3v) is 4.12. The van der Waals surface area contributed by atoms with Gasteiger partial charge >= 0.3 is 0 Å². The van der Waals surface area contributed by atoms with Crippen molar-refractivity contribution in [2.24, 2.45) is 5.10 Å². The molecule has 2 aromatic heterocycles. The number of anilines is 1. The molecule has 0 aliphatic rings. The van der Waals surface area contributed by atoms with Crippen molar-refractivity contribution in [1.82, 2.24) is 4.98 Å². The van der Waals surface area contributed by atoms with Crippen LogP contribution in [0.5, 0.6) is 0 Å². The number of rotatable bonds is 4. The van der Waals surface area contributed by atoms with E-state index in [0.29, 0.717) is 20.9 Å². The summed E-state index contributed by atoms with van der Waals surface area (Å²) in [5.41, 5.74) is 4.48. The van der Waals surface area contributed by atoms with E-state index in [4.69, 9.17) is 27.6 Å². The Hall–Kier alpha value is -1.82. The minimum Gasteiger partial charge on any atom is -0.460 e. The Kier molecular flexibility index (Phi) is 4.47. The lowest BCUT2D eigenvalue weighted by Crippen LogP contribution is -1.89. The maximum Gasteiger partial charge on any atom is 0.203 e. The summed E-state index contributed by atoms with van der Waals surface area (Å²) in [4.78, 5) is 4.44. The Labute approximate surface area is 141 Å². The number of aryl methyl sites for hydroxylation is 1. The zero-order valence-electron chi connectivity index (χ0n) is 11.5. The third-order valence-electron chi connectivity index (χ3n) is 2.82. The molecule has 7 heteroatoms. The molecule has 1 N–H and O–H groups in total. The van der Waals surface area contributed by atoms with Crippen molar-refractivity contribution in [3.63, 3.8) is 0 Å². The van der Waals surface area contributed by atoms with Gasteiger partial charge in [0, 0.05) is 16.0 Å². The first-order chi connectivity index (χ1) is 10.6. The zero-order chi connectivity index (χ0) is 15.5. The van der Waals surface area contributed by atoms with Crippen LogP contribution in [0.2, 0.25) is 10.0 Å². The smallest absolute Gasteiger partial charge is 0.203 e. The van der Waals surface area contributed by atoms with Crippen molar-refractivity contribution in [3.05, 3.63) is 57.3 Å². The van der Waals surface area contributed by atoms with E-state index in [2.05, 4.69) is 15.5 Å². The molecule has 3 rings (SSSR count). The van der Waals surface area contributed by atoms with Gasteiger partial charge in [0.2, 0.25) is 5.13 Å². The van der Waals surface area contributed by atoms with E-state index in [-0.39, 0.29) is 0 Å². The number of thiazole rings is 1. The molecule has 0 bridgehead atoms. The Morgan fingerprint density at radius 3 is 2.86 bits per heavy atom. The average Bonchev–Trinajstić information content (AvgIpc) is 3.08. The normalized spacial score (nSPS) is 11.2. The van der Waals surface area contributed by atoms with Gasteiger partial charge in [-0.15, -0.1) is 11.3 Å². The molecule has 0 unspecified atom stereocenters. The molecule has 0 aliphatic heterocycles. The van der Waals surface area contributed by atoms with Crippen LogP contribution in [0.3, 0.4) is 0 Å². The van der Waals surface area contributed by atoms with Crippen LogP contribution in [0.15, 0.2) is 45.2 Å². The molecule has 4 nitrogen and oxygen atoms in total. The number of hydrogen-bond donors (Lipinski definition) is 1. The molecule has 3 aromatic rings. The summed E-state index contributed by atoms with van der Waals surface area (Å²) >= 11 is 13.5. The number of nitrogens with zero attached hydrogens (tertiary/aromatic N) is 2. The van der Waals surface area contributed by atoms with E-state index in [9.17, 15) is 0 Å². The van der Waals surface area contributed by atoms with E-state index in [1.807, 2.05) is 30.5 Å². The molecule has 2 heterocycles. The summed E-state index contributed by atoms with van der Waals surface area (Å²) in [6.07, 6.45) is 1.60. The minimum atomic E-state index is 0.568. The summed E-state index contributed by atoms with van der Waals surface area (Å²) in [5.74, 6) is 1.53. The molecule has 22 heavy (non-hydrogen) atoms. The highest BCUT2D eigenvalue weighted by Gasteiger charge is 2.08. The van der Waals surface area contributed by atoms with Gasteiger partial charge in [-0.05, 0) is 37.3 Å². The first-order valence-electron chi connectivity index (χ1n) is 6.38. The maximum atomic E-state index is 6.18. The predicted molar refractivity (Wildman–Crippen MR) is 92.2 cm³/mol. The third kappa shape index (κ3) is 3.50. The lowest BCUT2D eigenvalue weighted by Gasteiger charge is -2.00. The van der Waals surface area contributed by atoms with Crippen LogP contribution in [-0.2, 0) is 0 Å². The van der Waals surface area contributed by atoms with Crippen LogP contribution in [0, 0.1) is 6.92 Å². The van der Waals surface area contributed by atoms with Gasteiger partial charge in [-0.2, -0.15) is 5.10 Å². The monoisotopic (exact) mass is 351 g/mol. The molecule has 112 valence electrons. The van der Waals surface area contributed by atoms with Crippen LogP contribution in [0.4, 0.5) is 5.13 Å². The zero-order valence-corrected chi connectivity index (χ0v) is 13.8. The van der Waals surface area contributed by atoms with Gasteiger partial charge in [-0.25, -0.2) is 4.98 Å². The fourth-order valence-electron chi connectivity index (χ4n) is 1.82. The standard InChI is InChI=1S/C15H11Cl2N3OS/c1-9-2-4-11(21-9)7-18-20-15-19-14(8-22-15)12-5-3-10(16)6-13(12)17/h2-8H,1H3,(H,19,20)/b18-7+. The Morgan fingerprint density at radius 2 is 2.14 bits per heavy atom. The van der Waals surface area contributed by atoms with Gasteiger partial charge in [0.1, 0.15) is 11.5 Å². The van der Waals surface area contributed by atoms with Crippen LogP contribution in [-0.4, -0.2) is 11.2 Å². The van der Waals surface area contributed by atoms with E-state index in [0.717, 1.165) is 17.0 Å². The van der Waals surface area contributed by atoms with Crippen molar-refractivity contribution >= 4 is 45.9 Å². The summed E-state index contributed by atoms with van der Waals surface area (Å²) in [6.45, 7) is 1.88. The highest BCUT2D eigenvalue weighted by Crippen LogP contribution is 2.32. The van der Waals surface area contributed by atoms with Gasteiger partial charge in [-0.3, -0.25) is 5.43 Å². The average molecular weight is 352 g/mol. The van der Waals surface area contributed by atoms with Gasteiger partial charge in [0.15, 0.2) is 0 Å². The number of halogens is 2. The molecule has 0 amide bonds. The van der Waals surface area contributed by atoms with E-state index >= 15 is 0 Å². The molecular weight excluding hydrogens is 341 g/mol. The number of aromatic nitrogens is 1. The molecule has 0 radical (unpaired) electrons. The molecule has 0 fully saturated rings. The second-order valence-electron chi connectivity index (χ2n) is 4.48. The lowest BCUT2D eigenvalue weighted by atomic mass is 10.2. The van der Waals surface area contributed by atoms with Gasteiger partial charge in [-0.1, -0.05) is 23.2 Å². The van der Waals surface area contributed by atoms with Crippen molar-refractivity contribution in [2.75, 3.05) is 5.43 Å². The second kappa shape index (κ2) is 6.52. The molecular formula is C15H11Cl2N3OS. The second-order valence-corrected chi connectivity index (χ2v) is 6.18. The summed E-state index contributed by atoms with van der Waals surface area (Å²) in [7, 11) is 0. The van der Waals surface area contributed by atoms with Crippen LogP contribution < -0.4 is 5.43 Å². The van der Waals surface area contributed by atoms with Crippen molar-refractivity contribution in [2.45, 2.75) is 6.92 Å². The summed E-state index contributed by atoms with van der Waals surface area (Å²) < 4.78 is 5.39. The molecule has 0 spiro atoms. The number of benzene rings is 1. The molecule has 0 aliphatic carbocycles. The highest BCUT2D eigenvalue weighted by atomic mass is 35.5. The Balaban J connectivity index is 1.72. The number of furan rings is 1. The first kappa shape index (κ1) is 15.1. The SMILES string of the molecule is Cc1ccc(/C=N/Nc2nc(-c3ccc(Cl)cc3Cl)cs2)o1. The van der Waals surface area contributed by atoms with Crippen molar-refractivity contribution in [1.29, 1.82) is 0 Å². The van der Waals surface area contributed by atoms with E-state index in [1.54, 1.807) is 18.3 Å². The highest BCUT2D eigenvalue weighted by molar-refractivity contribution is 7.14. The number of hydrogen-bond acceptors (Lipinski definition) is 5. The van der Waals surface area contributed by atoms with E-state index < -0.39 is 0 Å². The largest absolute Gasteiger partial charge is 0.460 e. The predicted octanol–water partition coefficient (Wildman–Crippen LogP) is 5.46. The van der Waals surface area contributed by atoms with Gasteiger partial charge < -0.3 is 4.42 Å². The fraction of sp³-hybridized carbons (Fsp3) is 0.0667. The molecule has 0 atom stereocenters. The van der Waals surface area contributed by atoms with Crippen molar-refractivity contribution < 1.29 is 4.42 Å². The lowest BCUT2D eigenvalue weighted by molar-refractivity contribution is 0.528. The quantitative estimate of drug-likeness (QED) is 0.501. The van der Waals surface area contributed by atoms with Crippen LogP contribution in [0.25, 0.3) is 11.3 Å². The number of hydrazone groups is 1. The summed E-state index contributed by atoms with van der Waals surface area (Å²) in [6, 6.07) is 9.06. The van der Waals surface area contributed by atoms with Crippen LogP contribution in [0.1, 0.15) is 11.5 Å². The Bertz CT molecular complexity index is 826. The van der Waals surface area contributed by atoms with Crippen molar-refractivity contribution in [3.8, 4) is 11.3 Å². The summed E-state index contributed by atoms with van der Waals surface area (Å²) in [5, 5.41) is 7.83. The first-order valence-corrected chi connectivity index (χ1v) is 8.02. The van der Waals surface area contributed by atoms with Gasteiger partial charge in [0.05, 0.1) is 16.9 Å². The minimum absolute atomic E-state index is 0.568. The van der Waals surface area contributed by atoms with Crippen LogP contribution >= 0.6 is 34.5 Å². The molecule has 1 aromatic carbocycles. The maximum absolute atomic E-state index is 6.18. The molecule has 0 saturated carbocycles. The number of nitrogens with one attached hydrogen (secondary N) is 1. The van der Waals surface area contributed by atoms with E-state index in [1.165, 1.54) is 11.3 Å². The molecule has 0 saturated heterocycles. The van der Waals surface area contributed by atoms with Gasteiger partial charge in [0.25, 0.3) is 0 Å².